The highest BCUT2D eigenvalue weighted by atomic mass is 32.2. The number of benzene rings is 2. The van der Waals surface area contributed by atoms with Crippen LogP contribution in [0.5, 0.6) is 5.75 Å². The molecule has 0 spiro atoms. The summed E-state index contributed by atoms with van der Waals surface area (Å²) in [6.45, 7) is 5.88. The summed E-state index contributed by atoms with van der Waals surface area (Å²) in [7, 11) is -8.33. The van der Waals surface area contributed by atoms with Gasteiger partial charge in [0.2, 0.25) is 11.8 Å². The maximum Gasteiger partial charge on any atom is 0.267 e. The Morgan fingerprint density at radius 3 is 2.43 bits per heavy atom. The first-order valence-corrected chi connectivity index (χ1v) is 17.5. The summed E-state index contributed by atoms with van der Waals surface area (Å²) in [5, 5.41) is 3.14. The summed E-state index contributed by atoms with van der Waals surface area (Å²) in [6.07, 6.45) is -0.521. The van der Waals surface area contributed by atoms with Gasteiger partial charge >= 0.3 is 0 Å². The van der Waals surface area contributed by atoms with E-state index in [0.717, 1.165) is 5.56 Å². The molecule has 4 rings (SSSR count). The van der Waals surface area contributed by atoms with E-state index in [1.165, 1.54) is 19.1 Å². The Morgan fingerprint density at radius 1 is 1.05 bits per heavy atom. The minimum Gasteiger partial charge on any atom is -0.493 e. The second-order valence-electron chi connectivity index (χ2n) is 11.1. The summed E-state index contributed by atoms with van der Waals surface area (Å²) in [6, 6.07) is 13.8. The van der Waals surface area contributed by atoms with Crippen LogP contribution < -0.4 is 15.8 Å². The van der Waals surface area contributed by atoms with Crippen molar-refractivity contribution in [3.8, 4) is 5.75 Å². The molecule has 0 saturated carbocycles. The van der Waals surface area contributed by atoms with Gasteiger partial charge in [0.15, 0.2) is 9.84 Å². The Bertz CT molecular complexity index is 1480. The van der Waals surface area contributed by atoms with Gasteiger partial charge in [0.25, 0.3) is 10.0 Å². The van der Waals surface area contributed by atoms with E-state index >= 15 is 0 Å². The molecule has 2 heterocycles. The highest BCUT2D eigenvalue weighted by Gasteiger charge is 2.40. The number of ether oxygens (including phenoxy) is 1. The third-order valence-electron chi connectivity index (χ3n) is 7.71. The van der Waals surface area contributed by atoms with Gasteiger partial charge in [0.1, 0.15) is 5.75 Å². The van der Waals surface area contributed by atoms with Gasteiger partial charge in [-0.3, -0.25) is 9.59 Å². The van der Waals surface area contributed by atoms with E-state index < -0.39 is 55.3 Å². The molecule has 2 aliphatic heterocycles. The van der Waals surface area contributed by atoms with E-state index in [2.05, 4.69) is 5.32 Å². The van der Waals surface area contributed by atoms with Crippen molar-refractivity contribution < 1.29 is 31.2 Å². The molecule has 0 radical (unpaired) electrons. The van der Waals surface area contributed by atoms with Crippen LogP contribution in [0.15, 0.2) is 53.4 Å². The normalized spacial score (nSPS) is 17.5. The fraction of sp³-hybridized carbons (Fsp3) is 0.517. The standard InChI is InChI=1S/C29H40N4O7S2/c1-21(18-23-6-4-3-5-7-23)28(30)33(42(38,39)25-8-9-26-24(19-25)10-16-40-26)29(35)22(2)20-41(36,37)17-11-27(34)32-14-12-31-13-15-32/h3-9,19,21-22,28,31H,10-18,20,30H2,1-2H3/t21-,22?,28-/m0/s1. The number of rotatable bonds is 12. The van der Waals surface area contributed by atoms with E-state index in [4.69, 9.17) is 10.5 Å². The predicted molar refractivity (Wildman–Crippen MR) is 159 cm³/mol. The number of hydrogen-bond donors (Lipinski definition) is 2. The lowest BCUT2D eigenvalue weighted by Gasteiger charge is -2.34. The molecule has 0 aromatic heterocycles. The van der Waals surface area contributed by atoms with Crippen molar-refractivity contribution in [2.75, 3.05) is 44.3 Å². The molecule has 2 aromatic carbocycles. The summed E-state index contributed by atoms with van der Waals surface area (Å²) >= 11 is 0. The molecule has 3 N–H and O–H groups in total. The molecule has 3 atom stereocenters. The van der Waals surface area contributed by atoms with Crippen LogP contribution in [0, 0.1) is 11.8 Å². The maximum absolute atomic E-state index is 14.0. The van der Waals surface area contributed by atoms with Gasteiger partial charge in [-0.25, -0.2) is 21.1 Å². The van der Waals surface area contributed by atoms with Crippen LogP contribution >= 0.6 is 0 Å². The summed E-state index contributed by atoms with van der Waals surface area (Å²) in [5.74, 6) is -3.32. The zero-order valence-corrected chi connectivity index (χ0v) is 25.7. The molecule has 230 valence electrons. The average molecular weight is 621 g/mol. The molecule has 2 aromatic rings. The fourth-order valence-corrected chi connectivity index (χ4v) is 8.53. The maximum atomic E-state index is 14.0. The first kappa shape index (κ1) is 31.9. The fourth-order valence-electron chi connectivity index (χ4n) is 5.27. The number of piperazine rings is 1. The Labute approximate surface area is 248 Å². The molecule has 2 aliphatic rings. The van der Waals surface area contributed by atoms with Gasteiger partial charge in [-0.15, -0.1) is 0 Å². The number of sulfone groups is 1. The Kier molecular flexibility index (Phi) is 10.3. The lowest BCUT2D eigenvalue weighted by atomic mass is 9.98. The van der Waals surface area contributed by atoms with Crippen molar-refractivity contribution in [3.05, 3.63) is 59.7 Å². The number of nitrogens with zero attached hydrogens (tertiary/aromatic N) is 2. The van der Waals surface area contributed by atoms with Crippen LogP contribution in [-0.2, 0) is 42.3 Å². The van der Waals surface area contributed by atoms with Gasteiger partial charge in [-0.05, 0) is 41.7 Å². The molecule has 1 fully saturated rings. The van der Waals surface area contributed by atoms with E-state index in [9.17, 15) is 26.4 Å². The zero-order valence-electron chi connectivity index (χ0n) is 24.1. The largest absolute Gasteiger partial charge is 0.493 e. The van der Waals surface area contributed by atoms with Crippen molar-refractivity contribution in [2.45, 2.75) is 44.2 Å². The highest BCUT2D eigenvalue weighted by Crippen LogP contribution is 2.31. The molecular weight excluding hydrogens is 580 g/mol. The smallest absolute Gasteiger partial charge is 0.267 e. The van der Waals surface area contributed by atoms with Crippen LogP contribution in [0.3, 0.4) is 0 Å². The molecule has 11 nitrogen and oxygen atoms in total. The van der Waals surface area contributed by atoms with Gasteiger partial charge in [0, 0.05) is 39.0 Å². The van der Waals surface area contributed by atoms with E-state index in [-0.39, 0.29) is 17.2 Å². The second kappa shape index (κ2) is 13.5. The molecular formula is C29H40N4O7S2. The number of carbonyl (C=O) groups excluding carboxylic acids is 2. The van der Waals surface area contributed by atoms with Crippen molar-refractivity contribution in [2.24, 2.45) is 17.6 Å². The first-order valence-electron chi connectivity index (χ1n) is 14.2. The monoisotopic (exact) mass is 620 g/mol. The zero-order chi connectivity index (χ0) is 30.5. The van der Waals surface area contributed by atoms with Crippen LogP contribution in [-0.4, -0.2) is 88.3 Å². The molecule has 2 amide bonds. The van der Waals surface area contributed by atoms with E-state index in [1.807, 2.05) is 30.3 Å². The van der Waals surface area contributed by atoms with Gasteiger partial charge in [-0.1, -0.05) is 44.2 Å². The van der Waals surface area contributed by atoms with Gasteiger partial charge in [0.05, 0.1) is 35.1 Å². The van der Waals surface area contributed by atoms with Crippen LogP contribution in [0.2, 0.25) is 0 Å². The van der Waals surface area contributed by atoms with Gasteiger partial charge in [-0.2, -0.15) is 0 Å². The molecule has 42 heavy (non-hydrogen) atoms. The lowest BCUT2D eigenvalue weighted by Crippen LogP contribution is -2.55. The summed E-state index contributed by atoms with van der Waals surface area (Å²) < 4.78 is 60.2. The second-order valence-corrected chi connectivity index (χ2v) is 15.1. The lowest BCUT2D eigenvalue weighted by molar-refractivity contribution is -0.132. The minimum atomic E-state index is -4.46. The van der Waals surface area contributed by atoms with E-state index in [0.29, 0.717) is 61.2 Å². The number of nitrogens with one attached hydrogen (secondary N) is 1. The quantitative estimate of drug-likeness (QED) is 0.333. The predicted octanol–water partition coefficient (Wildman–Crippen LogP) is 1.18. The topological polar surface area (TPSA) is 156 Å². The molecule has 1 saturated heterocycles. The Hall–Kier alpha value is -3.00. The molecule has 0 aliphatic carbocycles. The van der Waals surface area contributed by atoms with Crippen molar-refractivity contribution in [1.29, 1.82) is 0 Å². The van der Waals surface area contributed by atoms with E-state index in [1.54, 1.807) is 17.9 Å². The Morgan fingerprint density at radius 2 is 1.74 bits per heavy atom. The van der Waals surface area contributed by atoms with Gasteiger partial charge < -0.3 is 20.7 Å². The molecule has 0 bridgehead atoms. The van der Waals surface area contributed by atoms with Crippen LogP contribution in [0.25, 0.3) is 0 Å². The summed E-state index contributed by atoms with van der Waals surface area (Å²) in [4.78, 5) is 27.9. The molecule has 1 unspecified atom stereocenters. The average Bonchev–Trinajstić information content (AvgIpc) is 3.45. The number of hydrogen-bond acceptors (Lipinski definition) is 9. The van der Waals surface area contributed by atoms with Crippen LogP contribution in [0.4, 0.5) is 0 Å². The third-order valence-corrected chi connectivity index (χ3v) is 11.3. The van der Waals surface area contributed by atoms with Crippen LogP contribution in [0.1, 0.15) is 31.4 Å². The number of fused-ring (bicyclic) bond motifs is 1. The van der Waals surface area contributed by atoms with Crippen molar-refractivity contribution in [3.63, 3.8) is 0 Å². The minimum absolute atomic E-state index is 0.112. The number of sulfonamides is 1. The number of amides is 2. The highest BCUT2D eigenvalue weighted by molar-refractivity contribution is 7.91. The van der Waals surface area contributed by atoms with Crippen molar-refractivity contribution in [1.82, 2.24) is 14.5 Å². The van der Waals surface area contributed by atoms with Crippen molar-refractivity contribution >= 4 is 31.7 Å². The first-order chi connectivity index (χ1) is 19.9. The number of nitrogens with two attached hydrogens (primary N) is 1. The Balaban J connectivity index is 1.55. The SMILES string of the molecule is CC(CS(=O)(=O)CCC(=O)N1CCNCC1)C(=O)N([C@H](N)[C@@H](C)Cc1ccccc1)S(=O)(=O)c1ccc2c(c1)CCO2. The summed E-state index contributed by atoms with van der Waals surface area (Å²) in [5.41, 5.74) is 8.15. The number of carbonyl (C=O) groups is 2. The third kappa shape index (κ3) is 7.68. The molecule has 13 heteroatoms.